The van der Waals surface area contributed by atoms with Gasteiger partial charge in [0, 0.05) is 31.0 Å². The average Bonchev–Trinajstić information content (AvgIpc) is 3.05. The van der Waals surface area contributed by atoms with E-state index in [1.54, 1.807) is 0 Å². The fourth-order valence-electron chi connectivity index (χ4n) is 3.00. The van der Waals surface area contributed by atoms with Crippen molar-refractivity contribution in [3.63, 3.8) is 0 Å². The van der Waals surface area contributed by atoms with Crippen molar-refractivity contribution in [2.75, 3.05) is 19.3 Å². The molecule has 3 heterocycles. The van der Waals surface area contributed by atoms with Gasteiger partial charge in [0.05, 0.1) is 17.6 Å². The summed E-state index contributed by atoms with van der Waals surface area (Å²) in [5.41, 5.74) is 2.80. The number of aromatic nitrogens is 3. The van der Waals surface area contributed by atoms with Crippen molar-refractivity contribution in [3.05, 3.63) is 41.5 Å². The van der Waals surface area contributed by atoms with Crippen LogP contribution < -0.4 is 0 Å². The minimum Gasteiger partial charge on any atom is -0.297 e. The third-order valence-corrected chi connectivity index (χ3v) is 5.17. The van der Waals surface area contributed by atoms with Crippen LogP contribution in [0.5, 0.6) is 0 Å². The Morgan fingerprint density at radius 2 is 2.23 bits per heavy atom. The zero-order valence-electron chi connectivity index (χ0n) is 12.8. The largest absolute Gasteiger partial charge is 0.297 e. The summed E-state index contributed by atoms with van der Waals surface area (Å²) in [6.45, 7) is 4.53. The molecule has 1 atom stereocenters. The molecular weight excluding hydrogens is 300 g/mol. The minimum atomic E-state index is -3.23. The van der Waals surface area contributed by atoms with Crippen LogP contribution in [0.4, 0.5) is 0 Å². The first-order chi connectivity index (χ1) is 10.4. The van der Waals surface area contributed by atoms with Gasteiger partial charge in [0.25, 0.3) is 0 Å². The van der Waals surface area contributed by atoms with Gasteiger partial charge >= 0.3 is 0 Å². The van der Waals surface area contributed by atoms with Crippen LogP contribution in [0.1, 0.15) is 29.4 Å². The maximum atomic E-state index is 11.8. The highest BCUT2D eigenvalue weighted by molar-refractivity contribution is 7.90. The van der Waals surface area contributed by atoms with Crippen molar-refractivity contribution in [1.29, 1.82) is 0 Å². The van der Waals surface area contributed by atoms with Gasteiger partial charge in [-0.05, 0) is 32.0 Å². The number of nitrogens with one attached hydrogen (secondary N) is 1. The van der Waals surface area contributed by atoms with Crippen molar-refractivity contribution >= 4 is 9.84 Å². The molecule has 1 fully saturated rings. The van der Waals surface area contributed by atoms with Gasteiger partial charge in [-0.1, -0.05) is 6.07 Å². The number of hydrogen-bond acceptors (Lipinski definition) is 5. The molecule has 0 bridgehead atoms. The van der Waals surface area contributed by atoms with Crippen molar-refractivity contribution < 1.29 is 8.42 Å². The fraction of sp³-hybridized carbons (Fsp3) is 0.467. The molecule has 1 N–H and O–H groups in total. The van der Waals surface area contributed by atoms with E-state index in [-0.39, 0.29) is 5.92 Å². The number of aromatic amines is 1. The van der Waals surface area contributed by atoms with Crippen LogP contribution in [0.25, 0.3) is 0 Å². The van der Waals surface area contributed by atoms with Crippen LogP contribution in [0.2, 0.25) is 0 Å². The maximum absolute atomic E-state index is 11.8. The van der Waals surface area contributed by atoms with E-state index in [1.165, 1.54) is 12.5 Å². The quantitative estimate of drug-likeness (QED) is 0.923. The number of pyridine rings is 1. The third-order valence-electron chi connectivity index (χ3n) is 4.04. The molecule has 1 saturated heterocycles. The van der Waals surface area contributed by atoms with Gasteiger partial charge in [0.2, 0.25) is 0 Å². The van der Waals surface area contributed by atoms with E-state index >= 15 is 0 Å². The number of aryl methyl sites for hydroxylation is 1. The van der Waals surface area contributed by atoms with Gasteiger partial charge < -0.3 is 0 Å². The summed E-state index contributed by atoms with van der Waals surface area (Å²) < 4.78 is 23.6. The van der Waals surface area contributed by atoms with Crippen LogP contribution >= 0.6 is 0 Å². The third kappa shape index (κ3) is 3.20. The second kappa shape index (κ2) is 5.81. The summed E-state index contributed by atoms with van der Waals surface area (Å²) in [7, 11) is -3.23. The average molecular weight is 320 g/mol. The van der Waals surface area contributed by atoms with E-state index in [1.807, 2.05) is 25.1 Å². The predicted octanol–water partition coefficient (Wildman–Crippen LogP) is 1.51. The molecule has 0 spiro atoms. The first-order valence-corrected chi connectivity index (χ1v) is 9.21. The normalized spacial score (nSPS) is 19.6. The highest BCUT2D eigenvalue weighted by Gasteiger charge is 2.29. The summed E-state index contributed by atoms with van der Waals surface area (Å²) >= 11 is 0. The molecule has 7 heteroatoms. The van der Waals surface area contributed by atoms with Crippen molar-refractivity contribution in [2.24, 2.45) is 0 Å². The lowest BCUT2D eigenvalue weighted by atomic mass is 10.1. The molecule has 0 saturated carbocycles. The highest BCUT2D eigenvalue weighted by Crippen LogP contribution is 2.30. The lowest BCUT2D eigenvalue weighted by molar-refractivity contribution is 0.321. The molecule has 2 aromatic heterocycles. The molecule has 1 aliphatic heterocycles. The highest BCUT2D eigenvalue weighted by atomic mass is 32.2. The first kappa shape index (κ1) is 15.2. The van der Waals surface area contributed by atoms with E-state index in [9.17, 15) is 8.42 Å². The summed E-state index contributed by atoms with van der Waals surface area (Å²) in [4.78, 5) is 7.16. The van der Waals surface area contributed by atoms with E-state index in [0.717, 1.165) is 43.1 Å². The Kier molecular flexibility index (Phi) is 4.01. The molecule has 3 rings (SSSR count). The number of H-pyrrole nitrogens is 1. The zero-order valence-corrected chi connectivity index (χ0v) is 13.6. The number of sulfone groups is 1. The molecule has 22 heavy (non-hydrogen) atoms. The Hall–Kier alpha value is -1.73. The zero-order chi connectivity index (χ0) is 15.7. The van der Waals surface area contributed by atoms with E-state index < -0.39 is 9.84 Å². The van der Waals surface area contributed by atoms with Crippen LogP contribution in [0, 0.1) is 6.92 Å². The summed E-state index contributed by atoms with van der Waals surface area (Å²) in [5.74, 6) is 0.178. The van der Waals surface area contributed by atoms with E-state index in [4.69, 9.17) is 0 Å². The Balaban J connectivity index is 1.72. The van der Waals surface area contributed by atoms with Gasteiger partial charge in [-0.3, -0.25) is 15.0 Å². The molecule has 6 nitrogen and oxygen atoms in total. The molecule has 1 aliphatic rings. The number of nitrogens with zero attached hydrogens (tertiary/aromatic N) is 3. The SMILES string of the molecule is Cc1cccc(CN2CCC(c3[nH]ncc3S(C)(=O)=O)C2)n1. The van der Waals surface area contributed by atoms with Gasteiger partial charge in [0.1, 0.15) is 4.90 Å². The van der Waals surface area contributed by atoms with Gasteiger partial charge in [-0.2, -0.15) is 5.10 Å². The first-order valence-electron chi connectivity index (χ1n) is 7.31. The van der Waals surface area contributed by atoms with Gasteiger partial charge in [-0.15, -0.1) is 0 Å². The second-order valence-electron chi connectivity index (χ2n) is 5.91. The van der Waals surface area contributed by atoms with Crippen LogP contribution in [-0.2, 0) is 16.4 Å². The fourth-order valence-corrected chi connectivity index (χ4v) is 3.86. The molecule has 0 amide bonds. The molecule has 0 aliphatic carbocycles. The minimum absolute atomic E-state index is 0.178. The lowest BCUT2D eigenvalue weighted by Gasteiger charge is -2.15. The molecular formula is C15H20N4O2S. The Bertz CT molecular complexity index is 769. The molecule has 2 aromatic rings. The van der Waals surface area contributed by atoms with Crippen LogP contribution in [0.3, 0.4) is 0 Å². The summed E-state index contributed by atoms with van der Waals surface area (Å²) in [6.07, 6.45) is 3.57. The van der Waals surface area contributed by atoms with Crippen LogP contribution in [-0.4, -0.2) is 47.8 Å². The monoisotopic (exact) mass is 320 g/mol. The van der Waals surface area contributed by atoms with Gasteiger partial charge in [0.15, 0.2) is 9.84 Å². The van der Waals surface area contributed by atoms with Crippen LogP contribution in [0.15, 0.2) is 29.3 Å². The maximum Gasteiger partial charge on any atom is 0.178 e. The number of hydrogen-bond donors (Lipinski definition) is 1. The Labute approximate surface area is 130 Å². The topological polar surface area (TPSA) is 79.0 Å². The van der Waals surface area contributed by atoms with Crippen molar-refractivity contribution in [1.82, 2.24) is 20.1 Å². The summed E-state index contributed by atoms with van der Waals surface area (Å²) in [5, 5.41) is 6.80. The molecule has 118 valence electrons. The standard InChI is InChI=1S/C15H20N4O2S/c1-11-4-3-5-13(17-11)10-19-7-6-12(9-19)15-14(8-16-18-15)22(2,20)21/h3-5,8,12H,6-7,9-10H2,1-2H3,(H,16,18). The lowest BCUT2D eigenvalue weighted by Crippen LogP contribution is -2.21. The number of likely N-dealkylation sites (tertiary alicyclic amines) is 1. The van der Waals surface area contributed by atoms with E-state index in [2.05, 4.69) is 20.1 Å². The Morgan fingerprint density at radius 1 is 1.41 bits per heavy atom. The Morgan fingerprint density at radius 3 is 2.95 bits per heavy atom. The van der Waals surface area contributed by atoms with Crippen molar-refractivity contribution in [2.45, 2.75) is 30.7 Å². The number of rotatable bonds is 4. The molecule has 1 unspecified atom stereocenters. The predicted molar refractivity (Wildman–Crippen MR) is 83.3 cm³/mol. The summed E-state index contributed by atoms with van der Waals surface area (Å²) in [6, 6.07) is 6.03. The smallest absolute Gasteiger partial charge is 0.178 e. The van der Waals surface area contributed by atoms with Gasteiger partial charge in [-0.25, -0.2) is 8.42 Å². The van der Waals surface area contributed by atoms with E-state index in [0.29, 0.717) is 4.90 Å². The molecule has 0 aromatic carbocycles. The second-order valence-corrected chi connectivity index (χ2v) is 7.90. The van der Waals surface area contributed by atoms with Crippen molar-refractivity contribution in [3.8, 4) is 0 Å². The molecule has 0 radical (unpaired) electrons.